The number of hydrogen-bond acceptors (Lipinski definition) is 4. The number of nitrogens with one attached hydrogen (secondary N) is 1. The van der Waals surface area contributed by atoms with Gasteiger partial charge in [-0.3, -0.25) is 4.90 Å². The Bertz CT molecular complexity index is 1140. The molecule has 0 unspecified atom stereocenters. The third kappa shape index (κ3) is 5.64. The lowest BCUT2D eigenvalue weighted by molar-refractivity contribution is -0.0200. The monoisotopic (exact) mass is 588 g/mol. The summed E-state index contributed by atoms with van der Waals surface area (Å²) >= 11 is 8.11. The number of rotatable bonds is 5. The van der Waals surface area contributed by atoms with Gasteiger partial charge >= 0.3 is 6.03 Å². The molecule has 2 aliphatic rings. The summed E-state index contributed by atoms with van der Waals surface area (Å²) in [5.74, 6) is 1.61. The molecular weight excluding hydrogens is 563 g/mol. The quantitative estimate of drug-likeness (QED) is 0.282. The molecule has 0 saturated carbocycles. The normalized spacial score (nSPS) is 17.3. The van der Waals surface area contributed by atoms with Crippen LogP contribution in [-0.4, -0.2) is 47.0 Å². The second-order valence-electron chi connectivity index (χ2n) is 9.14. The Labute approximate surface area is 218 Å². The molecule has 0 atom stereocenters. The van der Waals surface area contributed by atoms with E-state index in [9.17, 15) is 4.79 Å². The number of urea groups is 1. The summed E-state index contributed by atoms with van der Waals surface area (Å²) in [7, 11) is 0. The number of carbonyl (C=O) groups is 1. The van der Waals surface area contributed by atoms with Crippen LogP contribution in [0.25, 0.3) is 0 Å². The zero-order valence-corrected chi connectivity index (χ0v) is 21.6. The maximum Gasteiger partial charge on any atom is 0.321 e. The second kappa shape index (κ2) is 10.1. The molecular formula is C26H26ClIN4O2. The van der Waals surface area contributed by atoms with Gasteiger partial charge in [-0.25, -0.2) is 9.78 Å². The van der Waals surface area contributed by atoms with Gasteiger partial charge in [-0.1, -0.05) is 23.7 Å². The Balaban J connectivity index is 1.09. The first-order valence-electron chi connectivity index (χ1n) is 11.4. The largest absolute Gasteiger partial charge is 0.457 e. The number of aromatic nitrogens is 1. The van der Waals surface area contributed by atoms with Gasteiger partial charge in [0.15, 0.2) is 0 Å². The molecule has 6 nitrogen and oxygen atoms in total. The lowest BCUT2D eigenvalue weighted by atomic mass is 9.72. The molecule has 0 radical (unpaired) electrons. The van der Waals surface area contributed by atoms with Gasteiger partial charge in [-0.15, -0.1) is 0 Å². The SMILES string of the molecule is O=C(Nc1ccc(I)nc1)N1CC2(CCN(Cc3cccc(Oc4ccc(Cl)cc4)c3)CC2)C1. The van der Waals surface area contributed by atoms with Crippen LogP contribution in [0.5, 0.6) is 11.5 Å². The molecule has 2 fully saturated rings. The van der Waals surface area contributed by atoms with E-state index in [1.807, 2.05) is 53.4 Å². The summed E-state index contributed by atoms with van der Waals surface area (Å²) in [5.41, 5.74) is 2.24. The number of carbonyl (C=O) groups excluding carboxylic acids is 1. The minimum absolute atomic E-state index is 0.0337. The van der Waals surface area contributed by atoms with Gasteiger partial charge in [0.1, 0.15) is 15.2 Å². The topological polar surface area (TPSA) is 57.7 Å². The van der Waals surface area contributed by atoms with E-state index in [-0.39, 0.29) is 11.4 Å². The van der Waals surface area contributed by atoms with Crippen molar-refractivity contribution in [1.29, 1.82) is 0 Å². The van der Waals surface area contributed by atoms with Crippen molar-refractivity contribution in [3.05, 3.63) is 81.1 Å². The Hall–Kier alpha value is -2.36. The molecule has 2 aromatic carbocycles. The van der Waals surface area contributed by atoms with E-state index in [1.165, 1.54) is 5.56 Å². The molecule has 3 heterocycles. The summed E-state index contributed by atoms with van der Waals surface area (Å²) in [4.78, 5) is 21.2. The summed E-state index contributed by atoms with van der Waals surface area (Å²) in [5, 5.41) is 3.65. The number of pyridine rings is 1. The Morgan fingerprint density at radius 2 is 1.82 bits per heavy atom. The number of amides is 2. The molecule has 2 saturated heterocycles. The van der Waals surface area contributed by atoms with E-state index >= 15 is 0 Å². The van der Waals surface area contributed by atoms with Gasteiger partial charge in [-0.05, 0) is 103 Å². The maximum atomic E-state index is 12.5. The standard InChI is InChI=1S/C26H26ClIN4O2/c27-20-4-7-22(8-5-20)34-23-3-1-2-19(14-23)16-31-12-10-26(11-13-31)17-32(18-26)25(33)30-21-6-9-24(28)29-15-21/h1-9,14-15H,10-13,16-18H2,(H,30,33). The summed E-state index contributed by atoms with van der Waals surface area (Å²) in [6, 6.07) is 19.4. The second-order valence-corrected chi connectivity index (χ2v) is 10.7. The van der Waals surface area contributed by atoms with Crippen LogP contribution in [-0.2, 0) is 6.54 Å². The molecule has 2 aliphatic heterocycles. The summed E-state index contributed by atoms with van der Waals surface area (Å²) in [6.45, 7) is 4.64. The molecule has 8 heteroatoms. The Morgan fingerprint density at radius 1 is 1.06 bits per heavy atom. The van der Waals surface area contributed by atoms with Crippen LogP contribution in [0.4, 0.5) is 10.5 Å². The van der Waals surface area contributed by atoms with Crippen molar-refractivity contribution >= 4 is 45.9 Å². The van der Waals surface area contributed by atoms with E-state index in [2.05, 4.69) is 49.9 Å². The first-order valence-corrected chi connectivity index (χ1v) is 12.8. The van der Waals surface area contributed by atoms with Gasteiger partial charge in [-0.2, -0.15) is 0 Å². The number of likely N-dealkylation sites (tertiary alicyclic amines) is 2. The van der Waals surface area contributed by atoms with E-state index in [0.29, 0.717) is 5.02 Å². The van der Waals surface area contributed by atoms with Crippen molar-refractivity contribution in [2.45, 2.75) is 19.4 Å². The number of halogens is 2. The number of benzene rings is 2. The third-order valence-electron chi connectivity index (χ3n) is 6.59. The number of piperidine rings is 1. The Morgan fingerprint density at radius 3 is 2.53 bits per heavy atom. The molecule has 34 heavy (non-hydrogen) atoms. The van der Waals surface area contributed by atoms with Crippen molar-refractivity contribution in [3.8, 4) is 11.5 Å². The van der Waals surface area contributed by atoms with E-state index < -0.39 is 0 Å². The maximum absolute atomic E-state index is 12.5. The van der Waals surface area contributed by atoms with Crippen LogP contribution in [0, 0.1) is 9.12 Å². The molecule has 0 bridgehead atoms. The Kier molecular flexibility index (Phi) is 6.94. The van der Waals surface area contributed by atoms with E-state index in [1.54, 1.807) is 6.20 Å². The van der Waals surface area contributed by atoms with Gasteiger partial charge < -0.3 is 15.0 Å². The average molecular weight is 589 g/mol. The number of nitrogens with zero attached hydrogens (tertiary/aromatic N) is 3. The minimum Gasteiger partial charge on any atom is -0.457 e. The first kappa shape index (κ1) is 23.4. The fourth-order valence-electron chi connectivity index (χ4n) is 4.67. The van der Waals surface area contributed by atoms with Crippen molar-refractivity contribution in [2.24, 2.45) is 5.41 Å². The van der Waals surface area contributed by atoms with Crippen LogP contribution in [0.3, 0.4) is 0 Å². The molecule has 0 aliphatic carbocycles. The number of anilines is 1. The fourth-order valence-corrected chi connectivity index (χ4v) is 5.11. The van der Waals surface area contributed by atoms with E-state index in [0.717, 1.165) is 66.5 Å². The summed E-state index contributed by atoms with van der Waals surface area (Å²) < 4.78 is 6.89. The fraction of sp³-hybridized carbons (Fsp3) is 0.308. The molecule has 1 N–H and O–H groups in total. The van der Waals surface area contributed by atoms with Crippen LogP contribution < -0.4 is 10.1 Å². The van der Waals surface area contributed by atoms with Crippen LogP contribution in [0.15, 0.2) is 66.9 Å². The lowest BCUT2D eigenvalue weighted by Crippen LogP contribution is -2.62. The van der Waals surface area contributed by atoms with Gasteiger partial charge in [0.2, 0.25) is 0 Å². The van der Waals surface area contributed by atoms with Gasteiger partial charge in [0, 0.05) is 30.1 Å². The van der Waals surface area contributed by atoms with E-state index in [4.69, 9.17) is 16.3 Å². The van der Waals surface area contributed by atoms with Crippen molar-refractivity contribution in [3.63, 3.8) is 0 Å². The minimum atomic E-state index is -0.0337. The average Bonchev–Trinajstić information content (AvgIpc) is 2.81. The van der Waals surface area contributed by atoms with Crippen molar-refractivity contribution < 1.29 is 9.53 Å². The zero-order chi connectivity index (χ0) is 23.5. The third-order valence-corrected chi connectivity index (χ3v) is 7.48. The van der Waals surface area contributed by atoms with Crippen molar-refractivity contribution in [2.75, 3.05) is 31.5 Å². The molecule has 176 valence electrons. The summed E-state index contributed by atoms with van der Waals surface area (Å²) in [6.07, 6.45) is 3.93. The highest BCUT2D eigenvalue weighted by Gasteiger charge is 2.46. The molecule has 3 aromatic rings. The number of hydrogen-bond donors (Lipinski definition) is 1. The predicted octanol–water partition coefficient (Wildman–Crippen LogP) is 6.26. The lowest BCUT2D eigenvalue weighted by Gasteiger charge is -2.53. The smallest absolute Gasteiger partial charge is 0.321 e. The zero-order valence-electron chi connectivity index (χ0n) is 18.7. The van der Waals surface area contributed by atoms with Crippen LogP contribution in [0.2, 0.25) is 5.02 Å². The van der Waals surface area contributed by atoms with Gasteiger partial charge in [0.05, 0.1) is 11.9 Å². The van der Waals surface area contributed by atoms with Crippen LogP contribution in [0.1, 0.15) is 18.4 Å². The first-order chi connectivity index (χ1) is 16.5. The molecule has 1 spiro atoms. The molecule has 2 amide bonds. The highest BCUT2D eigenvalue weighted by atomic mass is 127. The molecule has 1 aromatic heterocycles. The van der Waals surface area contributed by atoms with Crippen molar-refractivity contribution in [1.82, 2.24) is 14.8 Å². The molecule has 5 rings (SSSR count). The highest BCUT2D eigenvalue weighted by Crippen LogP contribution is 2.41. The van der Waals surface area contributed by atoms with Crippen LogP contribution >= 0.6 is 34.2 Å². The number of ether oxygens (including phenoxy) is 1. The predicted molar refractivity (Wildman–Crippen MR) is 142 cm³/mol. The van der Waals surface area contributed by atoms with Gasteiger partial charge in [0.25, 0.3) is 0 Å². The highest BCUT2D eigenvalue weighted by molar-refractivity contribution is 14.1.